The highest BCUT2D eigenvalue weighted by Gasteiger charge is 2.39. The number of carbonyl (C=O) groups excluding carboxylic acids is 1. The predicted molar refractivity (Wildman–Crippen MR) is 88.3 cm³/mol. The Morgan fingerprint density at radius 3 is 2.48 bits per heavy atom. The van der Waals surface area contributed by atoms with Gasteiger partial charge in [0.05, 0.1) is 0 Å². The lowest BCUT2D eigenvalue weighted by atomic mass is 10.1. The summed E-state index contributed by atoms with van der Waals surface area (Å²) < 4.78 is 5.81. The number of ether oxygens (including phenoxy) is 1. The van der Waals surface area contributed by atoms with Crippen LogP contribution in [0.4, 0.5) is 0 Å². The Morgan fingerprint density at radius 2 is 1.74 bits per heavy atom. The molecule has 0 aliphatic carbocycles. The number of rotatable bonds is 4. The quantitative estimate of drug-likeness (QED) is 0.944. The topological polar surface area (TPSA) is 41.6 Å². The highest BCUT2D eigenvalue weighted by atomic mass is 16.5. The molecule has 1 amide bonds. The van der Waals surface area contributed by atoms with Crippen LogP contribution in [-0.2, 0) is 11.3 Å². The molecule has 0 spiro atoms. The van der Waals surface area contributed by atoms with Gasteiger partial charge in [-0.05, 0) is 29.8 Å². The molecule has 23 heavy (non-hydrogen) atoms. The van der Waals surface area contributed by atoms with Crippen LogP contribution in [0.1, 0.15) is 12.0 Å². The Labute approximate surface area is 136 Å². The summed E-state index contributed by atoms with van der Waals surface area (Å²) in [7, 11) is 0. The van der Waals surface area contributed by atoms with Gasteiger partial charge in [-0.25, -0.2) is 0 Å². The summed E-state index contributed by atoms with van der Waals surface area (Å²) >= 11 is 0. The molecule has 118 valence electrons. The van der Waals surface area contributed by atoms with Gasteiger partial charge in [0.2, 0.25) is 5.91 Å². The van der Waals surface area contributed by atoms with Crippen molar-refractivity contribution in [1.29, 1.82) is 0 Å². The summed E-state index contributed by atoms with van der Waals surface area (Å²) in [6, 6.07) is 18.4. The molecule has 2 aliphatic heterocycles. The maximum absolute atomic E-state index is 11.4. The van der Waals surface area contributed by atoms with Gasteiger partial charge in [-0.2, -0.15) is 0 Å². The van der Waals surface area contributed by atoms with E-state index in [1.54, 1.807) is 0 Å². The molecular weight excluding hydrogens is 288 g/mol. The maximum Gasteiger partial charge on any atom is 0.220 e. The number of hydrogen-bond acceptors (Lipinski definition) is 3. The molecule has 2 saturated heterocycles. The third-order valence-electron chi connectivity index (χ3n) is 4.62. The van der Waals surface area contributed by atoms with Gasteiger partial charge in [0.15, 0.2) is 0 Å². The number of hydrogen-bond donors (Lipinski definition) is 1. The first-order valence-corrected chi connectivity index (χ1v) is 8.10. The van der Waals surface area contributed by atoms with Crippen molar-refractivity contribution in [3.05, 3.63) is 60.2 Å². The number of nitrogens with one attached hydrogen (secondary N) is 1. The maximum atomic E-state index is 11.4. The van der Waals surface area contributed by atoms with Gasteiger partial charge in [-0.15, -0.1) is 0 Å². The van der Waals surface area contributed by atoms with Crippen molar-refractivity contribution < 1.29 is 9.53 Å². The highest BCUT2D eigenvalue weighted by molar-refractivity contribution is 5.79. The second-order valence-corrected chi connectivity index (χ2v) is 6.39. The average Bonchev–Trinajstić information content (AvgIpc) is 3.07. The molecule has 2 aromatic carbocycles. The lowest BCUT2D eigenvalue weighted by Gasteiger charge is -2.17. The summed E-state index contributed by atoms with van der Waals surface area (Å²) in [6.45, 7) is 2.89. The zero-order valence-electron chi connectivity index (χ0n) is 12.9. The normalized spacial score (nSPS) is 23.6. The van der Waals surface area contributed by atoms with Gasteiger partial charge in [0, 0.05) is 38.0 Å². The van der Waals surface area contributed by atoms with Crippen LogP contribution in [0.25, 0.3) is 0 Å². The first-order chi connectivity index (χ1) is 11.3. The number of para-hydroxylation sites is 1. The lowest BCUT2D eigenvalue weighted by molar-refractivity contribution is -0.119. The third kappa shape index (κ3) is 3.22. The molecule has 2 aromatic rings. The minimum absolute atomic E-state index is 0.210. The van der Waals surface area contributed by atoms with Gasteiger partial charge in [-0.3, -0.25) is 9.69 Å². The molecule has 2 atom stereocenters. The molecule has 0 unspecified atom stereocenters. The number of amides is 1. The Hall–Kier alpha value is -2.33. The van der Waals surface area contributed by atoms with Crippen molar-refractivity contribution in [3.8, 4) is 11.5 Å². The Bertz CT molecular complexity index is 668. The first kappa shape index (κ1) is 14.3. The van der Waals surface area contributed by atoms with Crippen molar-refractivity contribution in [1.82, 2.24) is 10.2 Å². The van der Waals surface area contributed by atoms with E-state index < -0.39 is 0 Å². The van der Waals surface area contributed by atoms with E-state index in [4.69, 9.17) is 4.74 Å². The zero-order valence-corrected chi connectivity index (χ0v) is 12.9. The fourth-order valence-corrected chi connectivity index (χ4v) is 3.51. The molecular formula is C19H20N2O2. The number of fused-ring (bicyclic) bond motifs is 1. The molecule has 0 bridgehead atoms. The second kappa shape index (κ2) is 6.05. The van der Waals surface area contributed by atoms with Gasteiger partial charge in [0.25, 0.3) is 0 Å². The van der Waals surface area contributed by atoms with Gasteiger partial charge in [-0.1, -0.05) is 30.3 Å². The van der Waals surface area contributed by atoms with Crippen LogP contribution in [0.5, 0.6) is 11.5 Å². The van der Waals surface area contributed by atoms with Crippen molar-refractivity contribution in [2.45, 2.75) is 19.0 Å². The number of benzene rings is 2. The molecule has 0 aromatic heterocycles. The van der Waals surface area contributed by atoms with Crippen LogP contribution in [0, 0.1) is 5.92 Å². The molecule has 2 heterocycles. The minimum Gasteiger partial charge on any atom is -0.457 e. The largest absolute Gasteiger partial charge is 0.457 e. The number of nitrogens with zero attached hydrogens (tertiary/aromatic N) is 1. The summed E-state index contributed by atoms with van der Waals surface area (Å²) in [5, 5.41) is 3.07. The number of likely N-dealkylation sites (tertiary alicyclic amines) is 1. The van der Waals surface area contributed by atoms with Crippen molar-refractivity contribution in [2.75, 3.05) is 13.1 Å². The van der Waals surface area contributed by atoms with E-state index in [1.807, 2.05) is 42.5 Å². The van der Waals surface area contributed by atoms with Crippen molar-refractivity contribution >= 4 is 5.91 Å². The SMILES string of the molecule is O=C1C[C@H]2CN(Cc3ccc(Oc4ccccc4)cc3)C[C@H]2N1. The Kier molecular flexibility index (Phi) is 3.75. The van der Waals surface area contributed by atoms with E-state index in [9.17, 15) is 4.79 Å². The number of carbonyl (C=O) groups is 1. The molecule has 0 saturated carbocycles. The van der Waals surface area contributed by atoms with Crippen molar-refractivity contribution in [2.24, 2.45) is 5.92 Å². The fraction of sp³-hybridized carbons (Fsp3) is 0.316. The predicted octanol–water partition coefficient (Wildman–Crippen LogP) is 2.80. The summed E-state index contributed by atoms with van der Waals surface area (Å²) in [5.74, 6) is 2.40. The Balaban J connectivity index is 1.35. The lowest BCUT2D eigenvalue weighted by Crippen LogP contribution is -2.32. The van der Waals surface area contributed by atoms with Gasteiger partial charge in [0.1, 0.15) is 11.5 Å². The Morgan fingerprint density at radius 1 is 1.00 bits per heavy atom. The van der Waals surface area contributed by atoms with Crippen LogP contribution in [0.3, 0.4) is 0 Å². The average molecular weight is 308 g/mol. The van der Waals surface area contributed by atoms with E-state index in [0.29, 0.717) is 18.4 Å². The van der Waals surface area contributed by atoms with E-state index in [-0.39, 0.29) is 5.91 Å². The summed E-state index contributed by atoms with van der Waals surface area (Å²) in [4.78, 5) is 13.8. The van der Waals surface area contributed by atoms with Crippen LogP contribution >= 0.6 is 0 Å². The van der Waals surface area contributed by atoms with E-state index >= 15 is 0 Å². The van der Waals surface area contributed by atoms with E-state index in [2.05, 4.69) is 22.3 Å². The monoisotopic (exact) mass is 308 g/mol. The van der Waals surface area contributed by atoms with E-state index in [1.165, 1.54) is 5.56 Å². The molecule has 4 heteroatoms. The molecule has 4 nitrogen and oxygen atoms in total. The zero-order chi connectivity index (χ0) is 15.6. The van der Waals surface area contributed by atoms with Gasteiger partial charge >= 0.3 is 0 Å². The van der Waals surface area contributed by atoms with Crippen LogP contribution in [-0.4, -0.2) is 29.9 Å². The molecule has 0 radical (unpaired) electrons. The van der Waals surface area contributed by atoms with Crippen LogP contribution < -0.4 is 10.1 Å². The standard InChI is InChI=1S/C19H20N2O2/c22-19-10-15-12-21(13-18(15)20-19)11-14-6-8-17(9-7-14)23-16-4-2-1-3-5-16/h1-9,15,18H,10-13H2,(H,20,22)/t15-,18+/m0/s1. The van der Waals surface area contributed by atoms with Gasteiger partial charge < -0.3 is 10.1 Å². The van der Waals surface area contributed by atoms with Crippen LogP contribution in [0.2, 0.25) is 0 Å². The van der Waals surface area contributed by atoms with E-state index in [0.717, 1.165) is 31.1 Å². The summed E-state index contributed by atoms with van der Waals surface area (Å²) in [6.07, 6.45) is 0.686. The first-order valence-electron chi connectivity index (χ1n) is 8.10. The molecule has 1 N–H and O–H groups in total. The van der Waals surface area contributed by atoms with Crippen molar-refractivity contribution in [3.63, 3.8) is 0 Å². The second-order valence-electron chi connectivity index (χ2n) is 6.39. The third-order valence-corrected chi connectivity index (χ3v) is 4.62. The molecule has 2 aliphatic rings. The fourth-order valence-electron chi connectivity index (χ4n) is 3.51. The summed E-state index contributed by atoms with van der Waals surface area (Å²) in [5.41, 5.74) is 1.27. The van der Waals surface area contributed by atoms with Crippen LogP contribution in [0.15, 0.2) is 54.6 Å². The minimum atomic E-state index is 0.210. The smallest absolute Gasteiger partial charge is 0.220 e. The highest BCUT2D eigenvalue weighted by Crippen LogP contribution is 2.27. The molecule has 2 fully saturated rings. The molecule has 4 rings (SSSR count).